The molecule has 7 heteroatoms. The number of ether oxygens (including phenoxy) is 1. The lowest BCUT2D eigenvalue weighted by molar-refractivity contribution is -0.172. The summed E-state index contributed by atoms with van der Waals surface area (Å²) in [6.45, 7) is 3.67. The number of nitrogens with zero attached hydrogens (tertiary/aromatic N) is 4. The number of aryl methyl sites for hydroxylation is 1. The Labute approximate surface area is 126 Å². The fraction of sp³-hybridized carbons (Fsp3) is 0.400. The molecule has 2 saturated heterocycles. The van der Waals surface area contributed by atoms with E-state index >= 15 is 0 Å². The van der Waals surface area contributed by atoms with Crippen LogP contribution in [0.5, 0.6) is 0 Å². The van der Waals surface area contributed by atoms with Crippen molar-refractivity contribution >= 4 is 5.91 Å². The van der Waals surface area contributed by atoms with E-state index in [1.807, 2.05) is 0 Å². The highest BCUT2D eigenvalue weighted by Gasteiger charge is 2.53. The van der Waals surface area contributed by atoms with E-state index in [2.05, 4.69) is 10.1 Å². The number of hydrogen-bond acceptors (Lipinski definition) is 4. The number of amides is 1. The molecule has 0 radical (unpaired) electrons. The summed E-state index contributed by atoms with van der Waals surface area (Å²) in [5.41, 5.74) is 0.544. The SMILES string of the molecule is Cc1nc(C(=O)N2CCC23COC3)nn1-c1ccc(F)cc1. The third-order valence-corrected chi connectivity index (χ3v) is 4.39. The lowest BCUT2D eigenvalue weighted by Gasteiger charge is -2.57. The molecule has 0 saturated carbocycles. The van der Waals surface area contributed by atoms with Gasteiger partial charge in [-0.25, -0.2) is 14.1 Å². The highest BCUT2D eigenvalue weighted by atomic mass is 19.1. The Morgan fingerprint density at radius 2 is 2.05 bits per heavy atom. The first-order valence-corrected chi connectivity index (χ1v) is 7.18. The van der Waals surface area contributed by atoms with Crippen molar-refractivity contribution in [2.75, 3.05) is 19.8 Å². The molecule has 2 aliphatic heterocycles. The van der Waals surface area contributed by atoms with Gasteiger partial charge in [0.25, 0.3) is 5.91 Å². The molecule has 114 valence electrons. The zero-order valence-electron chi connectivity index (χ0n) is 12.1. The topological polar surface area (TPSA) is 60.3 Å². The Morgan fingerprint density at radius 1 is 1.32 bits per heavy atom. The summed E-state index contributed by atoms with van der Waals surface area (Å²) in [7, 11) is 0. The van der Waals surface area contributed by atoms with Crippen LogP contribution < -0.4 is 0 Å². The smallest absolute Gasteiger partial charge is 0.294 e. The Kier molecular flexibility index (Phi) is 2.80. The number of hydrogen-bond donors (Lipinski definition) is 0. The maximum absolute atomic E-state index is 13.0. The molecule has 0 aliphatic carbocycles. The van der Waals surface area contributed by atoms with E-state index in [0.717, 1.165) is 6.42 Å². The number of halogens is 1. The number of benzene rings is 1. The fourth-order valence-corrected chi connectivity index (χ4v) is 2.92. The lowest BCUT2D eigenvalue weighted by atomic mass is 9.82. The van der Waals surface area contributed by atoms with Crippen molar-refractivity contribution in [1.29, 1.82) is 0 Å². The first-order valence-electron chi connectivity index (χ1n) is 7.18. The molecule has 2 fully saturated rings. The average Bonchev–Trinajstić information content (AvgIpc) is 2.79. The van der Waals surface area contributed by atoms with Gasteiger partial charge >= 0.3 is 0 Å². The van der Waals surface area contributed by atoms with Crippen LogP contribution in [0.15, 0.2) is 24.3 Å². The van der Waals surface area contributed by atoms with Crippen LogP contribution >= 0.6 is 0 Å². The Bertz CT molecular complexity index is 731. The van der Waals surface area contributed by atoms with Crippen molar-refractivity contribution in [3.63, 3.8) is 0 Å². The van der Waals surface area contributed by atoms with E-state index in [9.17, 15) is 9.18 Å². The van der Waals surface area contributed by atoms with Gasteiger partial charge < -0.3 is 9.64 Å². The van der Waals surface area contributed by atoms with Gasteiger partial charge in [0.15, 0.2) is 0 Å². The molecule has 0 bridgehead atoms. The molecule has 6 nitrogen and oxygen atoms in total. The number of aromatic nitrogens is 3. The zero-order valence-corrected chi connectivity index (χ0v) is 12.1. The van der Waals surface area contributed by atoms with Gasteiger partial charge in [-0.15, -0.1) is 5.10 Å². The van der Waals surface area contributed by atoms with Crippen LogP contribution in [0.2, 0.25) is 0 Å². The lowest BCUT2D eigenvalue weighted by Crippen LogP contribution is -2.72. The normalized spacial score (nSPS) is 18.9. The standard InChI is InChI=1S/C15H15FN4O2/c1-10-17-13(14(21)19-7-6-15(19)8-22-9-15)18-20(10)12-4-2-11(16)3-5-12/h2-5H,6-9H2,1H3. The predicted molar refractivity (Wildman–Crippen MR) is 75.3 cm³/mol. The molecular weight excluding hydrogens is 287 g/mol. The van der Waals surface area contributed by atoms with Crippen molar-refractivity contribution in [3.05, 3.63) is 41.7 Å². The van der Waals surface area contributed by atoms with Gasteiger partial charge in [-0.05, 0) is 37.6 Å². The maximum atomic E-state index is 13.0. The second-order valence-electron chi connectivity index (χ2n) is 5.79. The maximum Gasteiger partial charge on any atom is 0.294 e. The minimum atomic E-state index is -0.315. The summed E-state index contributed by atoms with van der Waals surface area (Å²) in [5, 5.41) is 4.29. The van der Waals surface area contributed by atoms with Crippen molar-refractivity contribution in [1.82, 2.24) is 19.7 Å². The molecule has 4 rings (SSSR count). The number of likely N-dealkylation sites (tertiary alicyclic amines) is 1. The molecule has 0 N–H and O–H groups in total. The van der Waals surface area contributed by atoms with Crippen molar-refractivity contribution in [2.24, 2.45) is 0 Å². The minimum absolute atomic E-state index is 0.133. The molecule has 0 unspecified atom stereocenters. The van der Waals surface area contributed by atoms with E-state index in [1.54, 1.807) is 28.6 Å². The van der Waals surface area contributed by atoms with Crippen molar-refractivity contribution in [2.45, 2.75) is 18.9 Å². The molecule has 22 heavy (non-hydrogen) atoms. The number of carbonyl (C=O) groups excluding carboxylic acids is 1. The zero-order chi connectivity index (χ0) is 15.3. The number of rotatable bonds is 2. The van der Waals surface area contributed by atoms with Gasteiger partial charge in [0, 0.05) is 6.54 Å². The fourth-order valence-electron chi connectivity index (χ4n) is 2.92. The largest absolute Gasteiger partial charge is 0.376 e. The van der Waals surface area contributed by atoms with Crippen LogP contribution in [-0.4, -0.2) is 50.9 Å². The van der Waals surface area contributed by atoms with E-state index in [0.29, 0.717) is 31.3 Å². The van der Waals surface area contributed by atoms with Gasteiger partial charge in [0.1, 0.15) is 11.6 Å². The Morgan fingerprint density at radius 3 is 2.59 bits per heavy atom. The van der Waals surface area contributed by atoms with Gasteiger partial charge in [-0.2, -0.15) is 0 Å². The molecular formula is C15H15FN4O2. The van der Waals surface area contributed by atoms with E-state index in [1.165, 1.54) is 12.1 Å². The van der Waals surface area contributed by atoms with Gasteiger partial charge in [-0.1, -0.05) is 0 Å². The van der Waals surface area contributed by atoms with E-state index < -0.39 is 0 Å². The Hall–Kier alpha value is -2.28. The van der Waals surface area contributed by atoms with Crippen molar-refractivity contribution in [3.8, 4) is 5.69 Å². The van der Waals surface area contributed by atoms with Crippen LogP contribution in [0.25, 0.3) is 5.69 Å². The minimum Gasteiger partial charge on any atom is -0.376 e. The summed E-state index contributed by atoms with van der Waals surface area (Å²) in [5.74, 6) is 0.283. The van der Waals surface area contributed by atoms with Crippen LogP contribution in [-0.2, 0) is 4.74 Å². The monoisotopic (exact) mass is 302 g/mol. The molecule has 3 heterocycles. The third-order valence-electron chi connectivity index (χ3n) is 4.39. The van der Waals surface area contributed by atoms with Gasteiger partial charge in [0.05, 0.1) is 24.4 Å². The summed E-state index contributed by atoms with van der Waals surface area (Å²) >= 11 is 0. The van der Waals surface area contributed by atoms with E-state index in [-0.39, 0.29) is 23.1 Å². The highest BCUT2D eigenvalue weighted by molar-refractivity contribution is 5.92. The summed E-state index contributed by atoms with van der Waals surface area (Å²) < 4.78 is 19.8. The van der Waals surface area contributed by atoms with Gasteiger partial charge in [0.2, 0.25) is 5.82 Å². The molecule has 1 aromatic carbocycles. The van der Waals surface area contributed by atoms with Crippen LogP contribution in [0.4, 0.5) is 4.39 Å². The van der Waals surface area contributed by atoms with Crippen LogP contribution in [0.1, 0.15) is 22.9 Å². The van der Waals surface area contributed by atoms with Crippen LogP contribution in [0.3, 0.4) is 0 Å². The molecule has 2 aromatic rings. The Balaban J connectivity index is 1.62. The van der Waals surface area contributed by atoms with Crippen LogP contribution in [0, 0.1) is 12.7 Å². The number of carbonyl (C=O) groups is 1. The molecule has 1 spiro atoms. The molecule has 1 aromatic heterocycles. The molecule has 1 amide bonds. The summed E-state index contributed by atoms with van der Waals surface area (Å²) in [4.78, 5) is 18.6. The highest BCUT2D eigenvalue weighted by Crippen LogP contribution is 2.38. The average molecular weight is 302 g/mol. The first-order chi connectivity index (χ1) is 10.6. The molecule has 2 aliphatic rings. The second-order valence-corrected chi connectivity index (χ2v) is 5.79. The quantitative estimate of drug-likeness (QED) is 0.840. The summed E-state index contributed by atoms with van der Waals surface area (Å²) in [6.07, 6.45) is 0.969. The first kappa shape index (κ1) is 13.4. The third kappa shape index (κ3) is 1.85. The predicted octanol–water partition coefficient (Wildman–Crippen LogP) is 1.33. The summed E-state index contributed by atoms with van der Waals surface area (Å²) in [6, 6.07) is 5.93. The van der Waals surface area contributed by atoms with Crippen molar-refractivity contribution < 1.29 is 13.9 Å². The van der Waals surface area contributed by atoms with Gasteiger partial charge in [-0.3, -0.25) is 4.79 Å². The second kappa shape index (κ2) is 4.61. The molecule has 0 atom stereocenters. The van der Waals surface area contributed by atoms with E-state index in [4.69, 9.17) is 4.74 Å².